The third kappa shape index (κ3) is 1.72. The van der Waals surface area contributed by atoms with E-state index in [1.54, 1.807) is 18.1 Å². The number of hydrogen-bond donors (Lipinski definition) is 0. The summed E-state index contributed by atoms with van der Waals surface area (Å²) in [6.07, 6.45) is 1.62. The Kier molecular flexibility index (Phi) is 2.25. The molecule has 0 radical (unpaired) electrons. The molecule has 52 valence electrons. The Balaban J connectivity index is 2.66. The molecular weight excluding hydrogens is 148 g/mol. The Labute approximate surface area is 63.6 Å². The molecule has 0 spiro atoms. The average molecular weight is 154 g/mol. The Morgan fingerprint density at radius 1 is 1.90 bits per heavy atom. The van der Waals surface area contributed by atoms with Gasteiger partial charge in [-0.2, -0.15) is 5.10 Å². The van der Waals surface area contributed by atoms with Gasteiger partial charge in [0.1, 0.15) is 12.9 Å². The summed E-state index contributed by atoms with van der Waals surface area (Å²) in [5, 5.41) is 6.22. The first-order chi connectivity index (χ1) is 4.83. The summed E-state index contributed by atoms with van der Waals surface area (Å²) >= 11 is 4.38. The van der Waals surface area contributed by atoms with Crippen LogP contribution in [0.1, 0.15) is 5.82 Å². The maximum Gasteiger partial charge on any atom is 0.172 e. The predicted molar refractivity (Wildman–Crippen MR) is 39.7 cm³/mol. The average Bonchev–Trinajstić information content (AvgIpc) is 2.31. The highest BCUT2D eigenvalue weighted by molar-refractivity contribution is 7.78. The lowest BCUT2D eigenvalue weighted by molar-refractivity contribution is 0.743. The van der Waals surface area contributed by atoms with Crippen molar-refractivity contribution in [3.63, 3.8) is 0 Å². The van der Waals surface area contributed by atoms with Crippen LogP contribution in [0.25, 0.3) is 0 Å². The van der Waals surface area contributed by atoms with Gasteiger partial charge in [-0.15, -0.1) is 0 Å². The number of nitrogens with zero attached hydrogens (tertiary/aromatic N) is 4. The molecule has 1 rings (SSSR count). The van der Waals surface area contributed by atoms with Crippen LogP contribution in [0.3, 0.4) is 0 Å². The van der Waals surface area contributed by atoms with Crippen LogP contribution in [-0.2, 0) is 13.6 Å². The quantitative estimate of drug-likeness (QED) is 0.458. The van der Waals surface area contributed by atoms with E-state index in [4.69, 9.17) is 0 Å². The van der Waals surface area contributed by atoms with E-state index in [-0.39, 0.29) is 0 Å². The van der Waals surface area contributed by atoms with Crippen molar-refractivity contribution in [2.24, 2.45) is 12.0 Å². The van der Waals surface area contributed by atoms with E-state index < -0.39 is 0 Å². The topological polar surface area (TPSA) is 43.1 Å². The summed E-state index contributed by atoms with van der Waals surface area (Å²) in [5.41, 5.74) is 0. The van der Waals surface area contributed by atoms with Crippen molar-refractivity contribution >= 4 is 17.4 Å². The second-order valence-electron chi connectivity index (χ2n) is 1.74. The number of aromatic nitrogens is 3. The summed E-state index contributed by atoms with van der Waals surface area (Å²) in [4.78, 5) is 7.61. The van der Waals surface area contributed by atoms with Crippen LogP contribution < -0.4 is 0 Å². The van der Waals surface area contributed by atoms with E-state index >= 15 is 0 Å². The smallest absolute Gasteiger partial charge is 0.172 e. The Hall–Kier alpha value is -1.06. The van der Waals surface area contributed by atoms with Gasteiger partial charge in [0.25, 0.3) is 0 Å². The number of aryl methyl sites for hydroxylation is 1. The fourth-order valence-electron chi connectivity index (χ4n) is 0.559. The normalized spacial score (nSPS) is 8.90. The maximum absolute atomic E-state index is 4.38. The van der Waals surface area contributed by atoms with Gasteiger partial charge in [-0.05, 0) is 12.2 Å². The Bertz CT molecular complexity index is 260. The predicted octanol–water partition coefficient (Wildman–Crippen LogP) is 0.418. The monoisotopic (exact) mass is 154 g/mol. The SMILES string of the molecule is Cn1cnc(CN=C=S)n1. The standard InChI is InChI=1S/C5H6N4S/c1-9-3-7-5(8-9)2-6-4-10/h3H,2H2,1H3. The van der Waals surface area contributed by atoms with Gasteiger partial charge in [0, 0.05) is 7.05 Å². The Morgan fingerprint density at radius 2 is 2.70 bits per heavy atom. The van der Waals surface area contributed by atoms with Gasteiger partial charge < -0.3 is 0 Å². The molecule has 5 heteroatoms. The number of rotatable bonds is 2. The van der Waals surface area contributed by atoms with Crippen molar-refractivity contribution in [3.05, 3.63) is 12.2 Å². The molecule has 0 amide bonds. The molecular formula is C5H6N4S. The molecule has 0 aliphatic carbocycles. The molecule has 0 saturated heterocycles. The zero-order valence-electron chi connectivity index (χ0n) is 5.48. The van der Waals surface area contributed by atoms with Crippen molar-refractivity contribution in [2.45, 2.75) is 6.54 Å². The number of hydrogen-bond acceptors (Lipinski definition) is 4. The lowest BCUT2D eigenvalue weighted by Crippen LogP contribution is -1.89. The highest BCUT2D eigenvalue weighted by Gasteiger charge is 1.93. The van der Waals surface area contributed by atoms with Crippen molar-refractivity contribution in [3.8, 4) is 0 Å². The minimum Gasteiger partial charge on any atom is -0.256 e. The van der Waals surface area contributed by atoms with E-state index in [0.29, 0.717) is 12.4 Å². The fourth-order valence-corrected chi connectivity index (χ4v) is 0.624. The molecule has 0 bridgehead atoms. The minimum atomic E-state index is 0.421. The molecule has 0 aromatic carbocycles. The molecule has 0 aliphatic rings. The molecule has 0 unspecified atom stereocenters. The van der Waals surface area contributed by atoms with Gasteiger partial charge in [0.2, 0.25) is 0 Å². The molecule has 0 aliphatic heterocycles. The van der Waals surface area contributed by atoms with E-state index in [9.17, 15) is 0 Å². The van der Waals surface area contributed by atoms with Crippen LogP contribution in [0.5, 0.6) is 0 Å². The molecule has 1 aromatic heterocycles. The number of isothiocyanates is 1. The summed E-state index contributed by atoms with van der Waals surface area (Å²) in [5.74, 6) is 0.667. The summed E-state index contributed by atoms with van der Waals surface area (Å²) < 4.78 is 1.62. The minimum absolute atomic E-state index is 0.421. The van der Waals surface area contributed by atoms with Gasteiger partial charge in [-0.25, -0.2) is 9.98 Å². The van der Waals surface area contributed by atoms with Gasteiger partial charge in [0.05, 0.1) is 5.16 Å². The van der Waals surface area contributed by atoms with Gasteiger partial charge >= 0.3 is 0 Å². The second-order valence-corrected chi connectivity index (χ2v) is 1.92. The molecule has 1 aromatic rings. The van der Waals surface area contributed by atoms with E-state index in [2.05, 4.69) is 32.5 Å². The third-order valence-corrected chi connectivity index (χ3v) is 1.06. The summed E-state index contributed by atoms with van der Waals surface area (Å²) in [6, 6.07) is 0. The molecule has 10 heavy (non-hydrogen) atoms. The van der Waals surface area contributed by atoms with E-state index in [1.807, 2.05) is 0 Å². The van der Waals surface area contributed by atoms with Crippen LogP contribution in [0.2, 0.25) is 0 Å². The maximum atomic E-state index is 4.38. The van der Waals surface area contributed by atoms with E-state index in [0.717, 1.165) is 0 Å². The zero-order valence-corrected chi connectivity index (χ0v) is 6.30. The molecule has 0 N–H and O–H groups in total. The third-order valence-electron chi connectivity index (χ3n) is 0.932. The van der Waals surface area contributed by atoms with Gasteiger partial charge in [-0.3, -0.25) is 4.68 Å². The molecule has 0 fully saturated rings. The summed E-state index contributed by atoms with van der Waals surface area (Å²) in [6.45, 7) is 0.421. The fraction of sp³-hybridized carbons (Fsp3) is 0.400. The second kappa shape index (κ2) is 3.20. The molecule has 4 nitrogen and oxygen atoms in total. The zero-order chi connectivity index (χ0) is 7.40. The van der Waals surface area contributed by atoms with Crippen molar-refractivity contribution in [1.29, 1.82) is 0 Å². The van der Waals surface area contributed by atoms with Crippen LogP contribution in [0.15, 0.2) is 11.3 Å². The number of thiocarbonyl (C=S) groups is 1. The van der Waals surface area contributed by atoms with Crippen molar-refractivity contribution in [1.82, 2.24) is 14.8 Å². The van der Waals surface area contributed by atoms with Crippen LogP contribution in [0, 0.1) is 0 Å². The Morgan fingerprint density at radius 3 is 3.20 bits per heavy atom. The first kappa shape index (κ1) is 7.05. The lowest BCUT2D eigenvalue weighted by atomic mass is 10.6. The highest BCUT2D eigenvalue weighted by Crippen LogP contribution is 1.88. The first-order valence-electron chi connectivity index (χ1n) is 2.71. The van der Waals surface area contributed by atoms with E-state index in [1.165, 1.54) is 0 Å². The lowest BCUT2D eigenvalue weighted by Gasteiger charge is -1.81. The van der Waals surface area contributed by atoms with Crippen LogP contribution >= 0.6 is 12.2 Å². The number of aliphatic imine (C=N–C) groups is 1. The van der Waals surface area contributed by atoms with Gasteiger partial charge in [0.15, 0.2) is 5.82 Å². The van der Waals surface area contributed by atoms with Gasteiger partial charge in [-0.1, -0.05) is 0 Å². The van der Waals surface area contributed by atoms with Crippen LogP contribution in [0.4, 0.5) is 0 Å². The van der Waals surface area contributed by atoms with Crippen molar-refractivity contribution < 1.29 is 0 Å². The van der Waals surface area contributed by atoms with Crippen LogP contribution in [-0.4, -0.2) is 19.9 Å². The largest absolute Gasteiger partial charge is 0.256 e. The molecule has 1 heterocycles. The highest BCUT2D eigenvalue weighted by atomic mass is 32.1. The summed E-state index contributed by atoms with van der Waals surface area (Å²) in [7, 11) is 1.80. The molecule has 0 atom stereocenters. The van der Waals surface area contributed by atoms with Crippen molar-refractivity contribution in [2.75, 3.05) is 0 Å². The first-order valence-corrected chi connectivity index (χ1v) is 3.12. The molecule has 0 saturated carbocycles.